The monoisotopic (exact) mass is 487 g/mol. The lowest BCUT2D eigenvalue weighted by atomic mass is 9.91. The van der Waals surface area contributed by atoms with Gasteiger partial charge in [0.15, 0.2) is 12.3 Å². The highest BCUT2D eigenvalue weighted by atomic mass is 16.5. The third-order valence-corrected chi connectivity index (χ3v) is 6.44. The van der Waals surface area contributed by atoms with Crippen molar-refractivity contribution >= 4 is 22.8 Å². The van der Waals surface area contributed by atoms with Crippen LogP contribution >= 0.6 is 0 Å². The second-order valence-electron chi connectivity index (χ2n) is 9.42. The Kier molecular flexibility index (Phi) is 7.90. The lowest BCUT2D eigenvalue weighted by Gasteiger charge is -2.20. The Morgan fingerprint density at radius 1 is 0.972 bits per heavy atom. The number of nitrogens with one attached hydrogen (secondary N) is 2. The smallest absolute Gasteiger partial charge is 0.422 e. The molecule has 0 radical (unpaired) electrons. The van der Waals surface area contributed by atoms with Gasteiger partial charge in [0.2, 0.25) is 0 Å². The average Bonchev–Trinajstić information content (AvgIpc) is 3.23. The van der Waals surface area contributed by atoms with Crippen molar-refractivity contribution in [3.63, 3.8) is 0 Å². The zero-order valence-corrected chi connectivity index (χ0v) is 21.0. The zero-order valence-electron chi connectivity index (χ0n) is 21.0. The summed E-state index contributed by atoms with van der Waals surface area (Å²) in [4.78, 5) is 24.8. The van der Waals surface area contributed by atoms with Gasteiger partial charge in [0, 0.05) is 19.6 Å². The molecule has 0 aliphatic heterocycles. The van der Waals surface area contributed by atoms with Gasteiger partial charge < -0.3 is 19.8 Å². The van der Waals surface area contributed by atoms with E-state index in [2.05, 4.69) is 47.0 Å². The van der Waals surface area contributed by atoms with Gasteiger partial charge in [-0.3, -0.25) is 4.79 Å². The van der Waals surface area contributed by atoms with Crippen LogP contribution in [0.2, 0.25) is 0 Å². The summed E-state index contributed by atoms with van der Waals surface area (Å²) < 4.78 is 12.2. The molecule has 0 saturated carbocycles. The van der Waals surface area contributed by atoms with Crippen LogP contribution in [0.1, 0.15) is 32.8 Å². The van der Waals surface area contributed by atoms with E-state index in [1.54, 1.807) is 6.07 Å². The van der Waals surface area contributed by atoms with Crippen LogP contribution in [-0.2, 0) is 22.8 Å². The number of hydrogen-bond acceptors (Lipinski definition) is 6. The topological polar surface area (TPSA) is 85.5 Å². The van der Waals surface area contributed by atoms with Crippen molar-refractivity contribution in [1.29, 1.82) is 0 Å². The molecule has 0 aliphatic carbocycles. The van der Waals surface area contributed by atoms with Gasteiger partial charge in [-0.2, -0.15) is 0 Å². The fourth-order valence-electron chi connectivity index (χ4n) is 3.82. The van der Waals surface area contributed by atoms with E-state index in [-0.39, 0.29) is 12.7 Å². The van der Waals surface area contributed by atoms with E-state index in [4.69, 9.17) is 9.15 Å². The summed E-state index contributed by atoms with van der Waals surface area (Å²) in [6, 6.07) is 24.3. The summed E-state index contributed by atoms with van der Waals surface area (Å²) in [5.74, 6) is -0.904. The van der Waals surface area contributed by atoms with E-state index in [0.29, 0.717) is 24.1 Å². The van der Waals surface area contributed by atoms with E-state index in [0.717, 1.165) is 18.8 Å². The standard InChI is InChI=1S/C29H33N3O4/c1-4-29(2,3)27(33)35-20-32-25-15-9-14-24(26(25)36-28(32)34)31-17-16-30-19-21-10-8-13-23(18-21)22-11-6-5-7-12-22/h5-15,18,30-31H,4,16-17,19-20H2,1-3H3. The number of anilines is 1. The van der Waals surface area contributed by atoms with Gasteiger partial charge in [-0.05, 0) is 55.2 Å². The number of benzene rings is 3. The zero-order chi connectivity index (χ0) is 25.5. The highest BCUT2D eigenvalue weighted by Crippen LogP contribution is 2.24. The number of rotatable bonds is 11. The van der Waals surface area contributed by atoms with Crippen molar-refractivity contribution in [3.8, 4) is 11.1 Å². The summed E-state index contributed by atoms with van der Waals surface area (Å²) in [6.45, 7) is 7.50. The number of oxazole rings is 1. The lowest BCUT2D eigenvalue weighted by molar-refractivity contribution is -0.158. The molecule has 0 spiro atoms. The van der Waals surface area contributed by atoms with Crippen molar-refractivity contribution in [2.75, 3.05) is 18.4 Å². The SMILES string of the molecule is CCC(C)(C)C(=O)OCn1c(=O)oc2c(NCCNCc3cccc(-c4ccccc4)c3)cccc21. The lowest BCUT2D eigenvalue weighted by Crippen LogP contribution is -2.28. The number of carbonyl (C=O) groups excluding carboxylic acids is 1. The first-order valence-corrected chi connectivity index (χ1v) is 12.3. The number of fused-ring (bicyclic) bond motifs is 1. The summed E-state index contributed by atoms with van der Waals surface area (Å²) in [5, 5.41) is 6.78. The summed E-state index contributed by atoms with van der Waals surface area (Å²) in [6.07, 6.45) is 0.646. The van der Waals surface area contributed by atoms with Crippen molar-refractivity contribution in [2.45, 2.75) is 40.5 Å². The third kappa shape index (κ3) is 5.86. The number of hydrogen-bond donors (Lipinski definition) is 2. The molecule has 0 aliphatic rings. The fraction of sp³-hybridized carbons (Fsp3) is 0.310. The number of nitrogens with zero attached hydrogens (tertiary/aromatic N) is 1. The minimum atomic E-state index is -0.605. The maximum Gasteiger partial charge on any atom is 0.422 e. The van der Waals surface area contributed by atoms with Crippen LogP contribution in [0.25, 0.3) is 22.2 Å². The highest BCUT2D eigenvalue weighted by Gasteiger charge is 2.27. The van der Waals surface area contributed by atoms with Crippen LogP contribution in [0.15, 0.2) is 82.0 Å². The van der Waals surface area contributed by atoms with Crippen LogP contribution < -0.4 is 16.4 Å². The Bertz CT molecular complexity index is 1370. The first kappa shape index (κ1) is 25.3. The van der Waals surface area contributed by atoms with Crippen LogP contribution in [0.5, 0.6) is 0 Å². The Balaban J connectivity index is 1.33. The molecule has 0 saturated heterocycles. The quantitative estimate of drug-likeness (QED) is 0.218. The second-order valence-corrected chi connectivity index (χ2v) is 9.42. The van der Waals surface area contributed by atoms with Crippen LogP contribution in [-0.4, -0.2) is 23.6 Å². The van der Waals surface area contributed by atoms with Gasteiger partial charge >= 0.3 is 11.7 Å². The molecule has 0 amide bonds. The number of carbonyl (C=O) groups is 1. The normalized spacial score (nSPS) is 11.5. The molecule has 2 N–H and O–H groups in total. The summed E-state index contributed by atoms with van der Waals surface area (Å²) in [7, 11) is 0. The van der Waals surface area contributed by atoms with Gasteiger partial charge in [0.05, 0.1) is 16.6 Å². The van der Waals surface area contributed by atoms with E-state index < -0.39 is 11.2 Å². The summed E-state index contributed by atoms with van der Waals surface area (Å²) >= 11 is 0. The molecule has 0 unspecified atom stereocenters. The van der Waals surface area contributed by atoms with Gasteiger partial charge in [-0.25, -0.2) is 9.36 Å². The molecular formula is C29H33N3O4. The first-order valence-electron chi connectivity index (χ1n) is 12.3. The maximum absolute atomic E-state index is 12.5. The van der Waals surface area contributed by atoms with E-state index in [9.17, 15) is 9.59 Å². The average molecular weight is 488 g/mol. The highest BCUT2D eigenvalue weighted by molar-refractivity contribution is 5.86. The molecule has 4 rings (SSSR count). The van der Waals surface area contributed by atoms with E-state index >= 15 is 0 Å². The molecule has 0 fully saturated rings. The molecule has 1 aromatic heterocycles. The van der Waals surface area contributed by atoms with Crippen LogP contribution in [0.4, 0.5) is 5.69 Å². The van der Waals surface area contributed by atoms with E-state index in [1.807, 2.05) is 51.1 Å². The molecule has 1 heterocycles. The minimum Gasteiger partial charge on any atom is -0.443 e. The Labute approximate surface area is 211 Å². The predicted molar refractivity (Wildman–Crippen MR) is 143 cm³/mol. The Morgan fingerprint density at radius 2 is 1.72 bits per heavy atom. The Hall–Kier alpha value is -3.84. The maximum atomic E-state index is 12.5. The molecule has 188 valence electrons. The van der Waals surface area contributed by atoms with Gasteiger partial charge in [-0.1, -0.05) is 61.5 Å². The number of esters is 1. The predicted octanol–water partition coefficient (Wildman–Crippen LogP) is 5.40. The van der Waals surface area contributed by atoms with Crippen molar-refractivity contribution < 1.29 is 13.9 Å². The molecule has 0 atom stereocenters. The van der Waals surface area contributed by atoms with Crippen LogP contribution in [0, 0.1) is 5.41 Å². The molecule has 0 bridgehead atoms. The number of aromatic nitrogens is 1. The third-order valence-electron chi connectivity index (χ3n) is 6.44. The van der Waals surface area contributed by atoms with E-state index in [1.165, 1.54) is 21.3 Å². The minimum absolute atomic E-state index is 0.179. The Morgan fingerprint density at radius 3 is 2.50 bits per heavy atom. The van der Waals surface area contributed by atoms with Gasteiger partial charge in [0.25, 0.3) is 0 Å². The van der Waals surface area contributed by atoms with Gasteiger partial charge in [0.1, 0.15) is 0 Å². The van der Waals surface area contributed by atoms with Crippen molar-refractivity contribution in [3.05, 3.63) is 88.9 Å². The van der Waals surface area contributed by atoms with Crippen molar-refractivity contribution in [1.82, 2.24) is 9.88 Å². The molecule has 36 heavy (non-hydrogen) atoms. The molecule has 3 aromatic carbocycles. The molecule has 7 nitrogen and oxygen atoms in total. The van der Waals surface area contributed by atoms with Gasteiger partial charge in [-0.15, -0.1) is 0 Å². The molecule has 4 aromatic rings. The second kappa shape index (κ2) is 11.3. The number of para-hydroxylation sites is 1. The van der Waals surface area contributed by atoms with Crippen LogP contribution in [0.3, 0.4) is 0 Å². The van der Waals surface area contributed by atoms with Crippen molar-refractivity contribution in [2.24, 2.45) is 5.41 Å². The first-order chi connectivity index (χ1) is 17.4. The summed E-state index contributed by atoms with van der Waals surface area (Å²) in [5.41, 5.74) is 4.75. The largest absolute Gasteiger partial charge is 0.443 e. The fourth-order valence-corrected chi connectivity index (χ4v) is 3.82. The molecule has 7 heteroatoms. The number of ether oxygens (including phenoxy) is 1. The molecular weight excluding hydrogens is 454 g/mol.